The molecule has 1 aliphatic rings. The van der Waals surface area contributed by atoms with Crippen LogP contribution >= 0.6 is 0 Å². The molecule has 0 saturated carbocycles. The highest BCUT2D eigenvalue weighted by atomic mass is 19.1. The quantitative estimate of drug-likeness (QED) is 0.667. The average molecular weight is 404 g/mol. The lowest BCUT2D eigenvalue weighted by Crippen LogP contribution is -2.21. The molecule has 0 heterocycles. The minimum Gasteiger partial charge on any atom is -0.352 e. The van der Waals surface area contributed by atoms with Crippen molar-refractivity contribution in [3.8, 4) is 0 Å². The molecule has 0 fully saturated rings. The minimum atomic E-state index is -0.960. The first kappa shape index (κ1) is 19.2. The van der Waals surface area contributed by atoms with E-state index >= 15 is 0 Å². The average Bonchev–Trinajstić information content (AvgIpc) is 2.73. The van der Waals surface area contributed by atoms with Gasteiger partial charge in [0.25, 0.3) is 5.91 Å². The number of Topliss-reactive ketones (excluding diaryl/α,β-unsaturated/α-hetero) is 1. The number of nitrogens with one attached hydrogen (secondary N) is 2. The molecular weight excluding hydrogens is 390 g/mol. The van der Waals surface area contributed by atoms with Crippen molar-refractivity contribution in [3.63, 3.8) is 0 Å². The summed E-state index contributed by atoms with van der Waals surface area (Å²) < 4.78 is 26.7. The largest absolute Gasteiger partial charge is 0.352 e. The Hall–Kier alpha value is -4.13. The number of hydrogen-bond acceptors (Lipinski definition) is 4. The summed E-state index contributed by atoms with van der Waals surface area (Å²) in [6, 6.07) is 15.6. The van der Waals surface area contributed by atoms with Crippen molar-refractivity contribution in [2.75, 3.05) is 10.6 Å². The number of fused-ring (bicyclic) bond motifs is 1. The number of allylic oxidation sites excluding steroid dienone is 2. The highest BCUT2D eigenvalue weighted by molar-refractivity contribution is 6.25. The van der Waals surface area contributed by atoms with Crippen LogP contribution in [0.4, 0.5) is 20.2 Å². The molecule has 0 spiro atoms. The van der Waals surface area contributed by atoms with E-state index in [0.717, 1.165) is 12.1 Å². The summed E-state index contributed by atoms with van der Waals surface area (Å²) in [6.07, 6.45) is 1.25. The number of amides is 1. The van der Waals surface area contributed by atoms with Crippen LogP contribution in [0.25, 0.3) is 0 Å². The van der Waals surface area contributed by atoms with Gasteiger partial charge in [0.15, 0.2) is 5.78 Å². The molecule has 0 saturated heterocycles. The van der Waals surface area contributed by atoms with Crippen LogP contribution in [0.5, 0.6) is 0 Å². The number of carbonyl (C=O) groups excluding carboxylic acids is 3. The molecule has 148 valence electrons. The van der Waals surface area contributed by atoms with E-state index in [4.69, 9.17) is 0 Å². The summed E-state index contributed by atoms with van der Waals surface area (Å²) in [5.41, 5.74) is 1.45. The zero-order chi connectivity index (χ0) is 21.3. The Bertz CT molecular complexity index is 1220. The van der Waals surface area contributed by atoms with E-state index in [2.05, 4.69) is 10.6 Å². The molecule has 1 amide bonds. The lowest BCUT2D eigenvalue weighted by Gasteiger charge is -2.16. The van der Waals surface area contributed by atoms with Crippen molar-refractivity contribution >= 4 is 28.8 Å². The first-order valence-electron chi connectivity index (χ1n) is 8.95. The van der Waals surface area contributed by atoms with E-state index in [0.29, 0.717) is 28.6 Å². The molecule has 30 heavy (non-hydrogen) atoms. The SMILES string of the molecule is O=C(Nc1ccc(NC2=CC(=O)c3ccccc3C2=O)cc1)c1ccc(F)cc1F. The van der Waals surface area contributed by atoms with Crippen molar-refractivity contribution in [2.24, 2.45) is 0 Å². The van der Waals surface area contributed by atoms with E-state index in [1.807, 2.05) is 0 Å². The molecule has 5 nitrogen and oxygen atoms in total. The summed E-state index contributed by atoms with van der Waals surface area (Å²) in [5, 5.41) is 5.42. The zero-order valence-electron chi connectivity index (χ0n) is 15.4. The Morgan fingerprint density at radius 1 is 0.800 bits per heavy atom. The maximum atomic E-state index is 13.7. The van der Waals surface area contributed by atoms with Gasteiger partial charge in [-0.2, -0.15) is 0 Å². The lowest BCUT2D eigenvalue weighted by molar-refractivity contribution is 0.0985. The van der Waals surface area contributed by atoms with E-state index in [-0.39, 0.29) is 22.8 Å². The first-order valence-corrected chi connectivity index (χ1v) is 8.95. The third kappa shape index (κ3) is 3.73. The van der Waals surface area contributed by atoms with Gasteiger partial charge >= 0.3 is 0 Å². The van der Waals surface area contributed by atoms with Crippen LogP contribution in [0.15, 0.2) is 78.5 Å². The highest BCUT2D eigenvalue weighted by Gasteiger charge is 2.25. The molecule has 0 atom stereocenters. The van der Waals surface area contributed by atoms with Gasteiger partial charge in [-0.25, -0.2) is 8.78 Å². The van der Waals surface area contributed by atoms with Gasteiger partial charge in [-0.15, -0.1) is 0 Å². The molecule has 0 unspecified atom stereocenters. The second kappa shape index (κ2) is 7.71. The second-order valence-corrected chi connectivity index (χ2v) is 6.58. The second-order valence-electron chi connectivity index (χ2n) is 6.58. The van der Waals surface area contributed by atoms with Crippen LogP contribution in [0, 0.1) is 11.6 Å². The molecule has 3 aromatic carbocycles. The number of ketones is 2. The molecule has 2 N–H and O–H groups in total. The Morgan fingerprint density at radius 2 is 1.47 bits per heavy atom. The first-order chi connectivity index (χ1) is 14.4. The fraction of sp³-hybridized carbons (Fsp3) is 0. The molecule has 7 heteroatoms. The van der Waals surface area contributed by atoms with Gasteiger partial charge in [0.1, 0.15) is 11.6 Å². The molecule has 0 aromatic heterocycles. The van der Waals surface area contributed by atoms with Crippen LogP contribution in [0.2, 0.25) is 0 Å². The topological polar surface area (TPSA) is 75.3 Å². The number of rotatable bonds is 4. The Balaban J connectivity index is 1.47. The standard InChI is InChI=1S/C23H14F2N2O3/c24-13-5-10-18(19(25)11-13)23(30)27-15-8-6-14(7-9-15)26-20-12-21(28)16-3-1-2-4-17(16)22(20)29/h1-12,26H,(H,27,30). The molecule has 1 aliphatic carbocycles. The fourth-order valence-corrected chi connectivity index (χ4v) is 3.07. The number of hydrogen-bond donors (Lipinski definition) is 2. The lowest BCUT2D eigenvalue weighted by atomic mass is 9.92. The summed E-state index contributed by atoms with van der Waals surface area (Å²) in [6.45, 7) is 0. The maximum Gasteiger partial charge on any atom is 0.258 e. The van der Waals surface area contributed by atoms with Crippen molar-refractivity contribution in [1.29, 1.82) is 0 Å². The molecule has 4 rings (SSSR count). The molecular formula is C23H14F2N2O3. The van der Waals surface area contributed by atoms with Gasteiger partial charge in [-0.3, -0.25) is 14.4 Å². The number of carbonyl (C=O) groups is 3. The Kier molecular flexibility index (Phi) is 4.93. The van der Waals surface area contributed by atoms with Crippen molar-refractivity contribution < 1.29 is 23.2 Å². The molecule has 0 bridgehead atoms. The normalized spacial score (nSPS) is 12.8. The van der Waals surface area contributed by atoms with Crippen molar-refractivity contribution in [3.05, 3.63) is 107 Å². The number of halogens is 2. The molecule has 3 aromatic rings. The van der Waals surface area contributed by atoms with Gasteiger partial charge in [0.2, 0.25) is 5.78 Å². The predicted molar refractivity (Wildman–Crippen MR) is 108 cm³/mol. The van der Waals surface area contributed by atoms with E-state index in [9.17, 15) is 23.2 Å². The summed E-state index contributed by atoms with van der Waals surface area (Å²) in [5.74, 6) is -3.02. The predicted octanol–water partition coefficient (Wildman–Crippen LogP) is 4.59. The van der Waals surface area contributed by atoms with Crippen LogP contribution < -0.4 is 10.6 Å². The third-order valence-corrected chi connectivity index (χ3v) is 4.55. The van der Waals surface area contributed by atoms with Crippen LogP contribution in [0.1, 0.15) is 31.1 Å². The van der Waals surface area contributed by atoms with Crippen LogP contribution in [-0.4, -0.2) is 17.5 Å². The van der Waals surface area contributed by atoms with Crippen LogP contribution in [-0.2, 0) is 0 Å². The third-order valence-electron chi connectivity index (χ3n) is 4.55. The van der Waals surface area contributed by atoms with Crippen molar-refractivity contribution in [2.45, 2.75) is 0 Å². The maximum absolute atomic E-state index is 13.7. The van der Waals surface area contributed by atoms with Gasteiger partial charge in [-0.05, 0) is 36.4 Å². The smallest absolute Gasteiger partial charge is 0.258 e. The summed E-state index contributed by atoms with van der Waals surface area (Å²) >= 11 is 0. The zero-order valence-corrected chi connectivity index (χ0v) is 15.4. The van der Waals surface area contributed by atoms with Gasteiger partial charge in [-0.1, -0.05) is 24.3 Å². The van der Waals surface area contributed by atoms with E-state index in [1.165, 1.54) is 6.08 Å². The molecule has 0 aliphatic heterocycles. The van der Waals surface area contributed by atoms with E-state index < -0.39 is 17.5 Å². The molecule has 0 radical (unpaired) electrons. The Morgan fingerprint density at radius 3 is 2.17 bits per heavy atom. The van der Waals surface area contributed by atoms with Gasteiger partial charge in [0, 0.05) is 34.6 Å². The van der Waals surface area contributed by atoms with E-state index in [1.54, 1.807) is 48.5 Å². The van der Waals surface area contributed by atoms with Gasteiger partial charge < -0.3 is 10.6 Å². The monoisotopic (exact) mass is 404 g/mol. The summed E-state index contributed by atoms with van der Waals surface area (Å²) in [7, 11) is 0. The minimum absolute atomic E-state index is 0.142. The van der Waals surface area contributed by atoms with Crippen molar-refractivity contribution in [1.82, 2.24) is 0 Å². The highest BCUT2D eigenvalue weighted by Crippen LogP contribution is 2.23. The fourth-order valence-electron chi connectivity index (χ4n) is 3.07. The number of benzene rings is 3. The summed E-state index contributed by atoms with van der Waals surface area (Å²) in [4.78, 5) is 37.0. The number of anilines is 2. The Labute approximate surface area is 170 Å². The van der Waals surface area contributed by atoms with Gasteiger partial charge in [0.05, 0.1) is 11.3 Å². The van der Waals surface area contributed by atoms with Crippen LogP contribution in [0.3, 0.4) is 0 Å².